The van der Waals surface area contributed by atoms with Gasteiger partial charge < -0.3 is 4.43 Å². The van der Waals surface area contributed by atoms with Crippen molar-refractivity contribution in [2.45, 2.75) is 52.4 Å². The Labute approximate surface area is 142 Å². The molecule has 0 aromatic carbocycles. The minimum atomic E-state index is -1.75. The smallest absolute Gasteiger partial charge is 0.192 e. The van der Waals surface area contributed by atoms with E-state index in [0.29, 0.717) is 11.8 Å². The van der Waals surface area contributed by atoms with Gasteiger partial charge in [0, 0.05) is 0 Å². The maximum atomic E-state index is 6.25. The predicted molar refractivity (Wildman–Crippen MR) is 97.1 cm³/mol. The summed E-state index contributed by atoms with van der Waals surface area (Å²) < 4.78 is 6.25. The maximum Gasteiger partial charge on any atom is 0.192 e. The molecule has 0 saturated heterocycles. The second kappa shape index (κ2) is 6.39. The molecule has 2 aromatic heterocycles. The second-order valence-electron chi connectivity index (χ2n) is 6.92. The van der Waals surface area contributed by atoms with E-state index in [4.69, 9.17) is 16.0 Å². The molecule has 0 N–H and O–H groups in total. The SMILES string of the molecule is Cc1nc(CO[Si](C)(C)C(C)(C)C)sc1-c1cccc(Cl)n1. The molecule has 0 aliphatic rings. The molecule has 0 spiro atoms. The molecular formula is C16H23ClN2OSSi. The van der Waals surface area contributed by atoms with Gasteiger partial charge in [-0.15, -0.1) is 11.3 Å². The second-order valence-corrected chi connectivity index (χ2v) is 13.2. The van der Waals surface area contributed by atoms with Crippen molar-refractivity contribution in [3.05, 3.63) is 34.1 Å². The summed E-state index contributed by atoms with van der Waals surface area (Å²) in [4.78, 5) is 10.1. The number of rotatable bonds is 4. The van der Waals surface area contributed by atoms with E-state index in [0.717, 1.165) is 21.3 Å². The number of aryl methyl sites for hydroxylation is 1. The number of pyridine rings is 1. The summed E-state index contributed by atoms with van der Waals surface area (Å²) in [5, 5.41) is 1.71. The first kappa shape index (κ1) is 17.6. The normalized spacial score (nSPS) is 12.7. The third kappa shape index (κ3) is 3.96. The van der Waals surface area contributed by atoms with Crippen LogP contribution in [0.2, 0.25) is 23.3 Å². The first-order valence-corrected chi connectivity index (χ1v) is 11.4. The molecule has 2 aromatic rings. The summed E-state index contributed by atoms with van der Waals surface area (Å²) >= 11 is 7.62. The Bertz CT molecular complexity index is 664. The lowest BCUT2D eigenvalue weighted by molar-refractivity contribution is 0.275. The summed E-state index contributed by atoms with van der Waals surface area (Å²) in [5.74, 6) is 0. The van der Waals surface area contributed by atoms with E-state index in [1.165, 1.54) is 0 Å². The minimum absolute atomic E-state index is 0.205. The maximum absolute atomic E-state index is 6.25. The van der Waals surface area contributed by atoms with Gasteiger partial charge in [-0.05, 0) is 37.2 Å². The van der Waals surface area contributed by atoms with E-state index >= 15 is 0 Å². The zero-order valence-corrected chi connectivity index (χ0v) is 16.6. The zero-order chi connectivity index (χ0) is 16.5. The molecule has 0 saturated carbocycles. The van der Waals surface area contributed by atoms with Crippen LogP contribution in [0.5, 0.6) is 0 Å². The van der Waals surface area contributed by atoms with Gasteiger partial charge in [-0.2, -0.15) is 0 Å². The lowest BCUT2D eigenvalue weighted by atomic mass is 10.2. The van der Waals surface area contributed by atoms with Crippen LogP contribution in [-0.4, -0.2) is 18.3 Å². The third-order valence-corrected chi connectivity index (χ3v) is 9.99. The summed E-state index contributed by atoms with van der Waals surface area (Å²) in [6.45, 7) is 13.8. The summed E-state index contributed by atoms with van der Waals surface area (Å²) in [6.07, 6.45) is 0. The lowest BCUT2D eigenvalue weighted by Crippen LogP contribution is -2.40. The molecule has 0 atom stereocenters. The summed E-state index contributed by atoms with van der Waals surface area (Å²) in [7, 11) is -1.75. The molecule has 0 aliphatic heterocycles. The highest BCUT2D eigenvalue weighted by Gasteiger charge is 2.37. The fourth-order valence-electron chi connectivity index (χ4n) is 1.75. The van der Waals surface area contributed by atoms with Gasteiger partial charge in [0.2, 0.25) is 0 Å². The van der Waals surface area contributed by atoms with E-state index in [1.807, 2.05) is 19.1 Å². The van der Waals surface area contributed by atoms with E-state index in [1.54, 1.807) is 17.4 Å². The van der Waals surface area contributed by atoms with Gasteiger partial charge in [0.15, 0.2) is 8.32 Å². The highest BCUT2D eigenvalue weighted by Crippen LogP contribution is 2.38. The van der Waals surface area contributed by atoms with Crippen LogP contribution in [0.3, 0.4) is 0 Å². The summed E-state index contributed by atoms with van der Waals surface area (Å²) in [6, 6.07) is 5.66. The molecule has 0 radical (unpaired) electrons. The van der Waals surface area contributed by atoms with Crippen molar-refractivity contribution >= 4 is 31.3 Å². The predicted octanol–water partition coefficient (Wildman–Crippen LogP) is 5.69. The molecular weight excluding hydrogens is 332 g/mol. The van der Waals surface area contributed by atoms with Crippen molar-refractivity contribution in [2.24, 2.45) is 0 Å². The molecule has 2 heterocycles. The number of nitrogens with zero attached hydrogens (tertiary/aromatic N) is 2. The third-order valence-electron chi connectivity index (χ3n) is 4.15. The van der Waals surface area contributed by atoms with Gasteiger partial charge in [0.1, 0.15) is 10.2 Å². The first-order chi connectivity index (χ1) is 10.1. The lowest BCUT2D eigenvalue weighted by Gasteiger charge is -2.35. The Balaban J connectivity index is 2.17. The largest absolute Gasteiger partial charge is 0.410 e. The highest BCUT2D eigenvalue weighted by atomic mass is 35.5. The Hall–Kier alpha value is -0.753. The fourth-order valence-corrected chi connectivity index (χ4v) is 3.89. The van der Waals surface area contributed by atoms with E-state index in [2.05, 4.69) is 43.8 Å². The number of hydrogen-bond donors (Lipinski definition) is 0. The molecule has 6 heteroatoms. The number of thiazole rings is 1. The van der Waals surface area contributed by atoms with E-state index in [-0.39, 0.29) is 5.04 Å². The van der Waals surface area contributed by atoms with Crippen LogP contribution in [0.25, 0.3) is 10.6 Å². The molecule has 0 bridgehead atoms. The van der Waals surface area contributed by atoms with E-state index < -0.39 is 8.32 Å². The standard InChI is InChI=1S/C16H23ClN2OSSi/c1-11-15(12-8-7-9-13(17)19-12)21-14(18-11)10-20-22(5,6)16(2,3)4/h7-9H,10H2,1-6H3. The van der Waals surface area contributed by atoms with Crippen LogP contribution in [-0.2, 0) is 11.0 Å². The Kier molecular flexibility index (Phi) is 5.12. The average Bonchev–Trinajstić information content (AvgIpc) is 2.76. The number of halogens is 1. The van der Waals surface area contributed by atoms with Crippen molar-refractivity contribution in [2.75, 3.05) is 0 Å². The molecule has 22 heavy (non-hydrogen) atoms. The molecule has 2 rings (SSSR count). The van der Waals surface area contributed by atoms with Gasteiger partial charge in [0.05, 0.1) is 22.9 Å². The van der Waals surface area contributed by atoms with Crippen molar-refractivity contribution in [3.63, 3.8) is 0 Å². The van der Waals surface area contributed by atoms with Crippen LogP contribution in [0.15, 0.2) is 18.2 Å². The van der Waals surface area contributed by atoms with Gasteiger partial charge in [-0.25, -0.2) is 9.97 Å². The topological polar surface area (TPSA) is 35.0 Å². The molecule has 0 aliphatic carbocycles. The molecule has 120 valence electrons. The van der Waals surface area contributed by atoms with Crippen LogP contribution in [0.4, 0.5) is 0 Å². The van der Waals surface area contributed by atoms with Gasteiger partial charge in [-0.3, -0.25) is 0 Å². The minimum Gasteiger partial charge on any atom is -0.410 e. The van der Waals surface area contributed by atoms with Crippen LogP contribution < -0.4 is 0 Å². The van der Waals surface area contributed by atoms with Gasteiger partial charge >= 0.3 is 0 Å². The zero-order valence-electron chi connectivity index (χ0n) is 14.0. The quantitative estimate of drug-likeness (QED) is 0.522. The Morgan fingerprint density at radius 1 is 1.23 bits per heavy atom. The highest BCUT2D eigenvalue weighted by molar-refractivity contribution is 7.15. The van der Waals surface area contributed by atoms with Crippen LogP contribution in [0, 0.1) is 6.92 Å². The first-order valence-electron chi connectivity index (χ1n) is 7.33. The van der Waals surface area contributed by atoms with Crippen molar-refractivity contribution in [3.8, 4) is 10.6 Å². The fraction of sp³-hybridized carbons (Fsp3) is 0.500. The van der Waals surface area contributed by atoms with Gasteiger partial charge in [-0.1, -0.05) is 38.4 Å². The molecule has 3 nitrogen and oxygen atoms in total. The van der Waals surface area contributed by atoms with Crippen LogP contribution >= 0.6 is 22.9 Å². The molecule has 0 amide bonds. The van der Waals surface area contributed by atoms with Crippen LogP contribution in [0.1, 0.15) is 31.5 Å². The molecule has 0 unspecified atom stereocenters. The van der Waals surface area contributed by atoms with Crippen molar-refractivity contribution in [1.82, 2.24) is 9.97 Å². The number of aromatic nitrogens is 2. The van der Waals surface area contributed by atoms with Crippen molar-refractivity contribution in [1.29, 1.82) is 0 Å². The Morgan fingerprint density at radius 3 is 2.50 bits per heavy atom. The average molecular weight is 355 g/mol. The summed E-state index contributed by atoms with van der Waals surface area (Å²) in [5.41, 5.74) is 1.86. The van der Waals surface area contributed by atoms with Gasteiger partial charge in [0.25, 0.3) is 0 Å². The monoisotopic (exact) mass is 354 g/mol. The number of hydrogen-bond acceptors (Lipinski definition) is 4. The van der Waals surface area contributed by atoms with Crippen molar-refractivity contribution < 1.29 is 4.43 Å². The Morgan fingerprint density at radius 2 is 1.91 bits per heavy atom. The van der Waals surface area contributed by atoms with E-state index in [9.17, 15) is 0 Å². The molecule has 0 fully saturated rings.